The number of halogens is 1. The van der Waals surface area contributed by atoms with Gasteiger partial charge in [0.1, 0.15) is 5.82 Å². The monoisotopic (exact) mass is 237 g/mol. The molecule has 1 aromatic carbocycles. The number of nitrogens with two attached hydrogens (primary N) is 1. The van der Waals surface area contributed by atoms with Crippen molar-refractivity contribution >= 4 is 0 Å². The van der Waals surface area contributed by atoms with E-state index in [1.807, 2.05) is 0 Å². The van der Waals surface area contributed by atoms with Crippen LogP contribution in [0.15, 0.2) is 18.2 Å². The van der Waals surface area contributed by atoms with Gasteiger partial charge in [-0.1, -0.05) is 25.3 Å². The van der Waals surface area contributed by atoms with Crippen molar-refractivity contribution in [1.82, 2.24) is 0 Å². The number of ether oxygens (including phenoxy) is 1. The Morgan fingerprint density at radius 2 is 1.94 bits per heavy atom. The lowest BCUT2D eigenvalue weighted by Gasteiger charge is -2.22. The molecule has 2 rings (SSSR count). The quantitative estimate of drug-likeness (QED) is 0.873. The SMILES string of the molecule is NCc1ccc(F)cc1COC1CCCCC1. The van der Waals surface area contributed by atoms with Crippen LogP contribution in [-0.2, 0) is 17.9 Å². The molecule has 0 aliphatic heterocycles. The van der Waals surface area contributed by atoms with Crippen molar-refractivity contribution < 1.29 is 9.13 Å². The summed E-state index contributed by atoms with van der Waals surface area (Å²) in [4.78, 5) is 0. The molecule has 1 aliphatic rings. The second-order valence-corrected chi connectivity index (χ2v) is 4.69. The van der Waals surface area contributed by atoms with Crippen molar-refractivity contribution in [3.8, 4) is 0 Å². The van der Waals surface area contributed by atoms with Gasteiger partial charge in [0.05, 0.1) is 12.7 Å². The van der Waals surface area contributed by atoms with Crippen molar-refractivity contribution in [3.63, 3.8) is 0 Å². The molecule has 0 atom stereocenters. The zero-order chi connectivity index (χ0) is 12.1. The van der Waals surface area contributed by atoms with Gasteiger partial charge in [0.25, 0.3) is 0 Å². The van der Waals surface area contributed by atoms with Crippen LogP contribution >= 0.6 is 0 Å². The topological polar surface area (TPSA) is 35.2 Å². The van der Waals surface area contributed by atoms with Gasteiger partial charge in [0.15, 0.2) is 0 Å². The third-order valence-corrected chi connectivity index (χ3v) is 3.41. The summed E-state index contributed by atoms with van der Waals surface area (Å²) in [5, 5.41) is 0. The summed E-state index contributed by atoms with van der Waals surface area (Å²) in [5.74, 6) is -0.218. The van der Waals surface area contributed by atoms with E-state index in [0.29, 0.717) is 19.3 Å². The molecule has 1 saturated carbocycles. The highest BCUT2D eigenvalue weighted by Gasteiger charge is 2.14. The highest BCUT2D eigenvalue weighted by atomic mass is 19.1. The molecule has 17 heavy (non-hydrogen) atoms. The molecular weight excluding hydrogens is 217 g/mol. The summed E-state index contributed by atoms with van der Waals surface area (Å²) in [6.45, 7) is 0.915. The second-order valence-electron chi connectivity index (χ2n) is 4.69. The van der Waals surface area contributed by atoms with Crippen LogP contribution in [0.2, 0.25) is 0 Å². The largest absolute Gasteiger partial charge is 0.374 e. The lowest BCUT2D eigenvalue weighted by Crippen LogP contribution is -2.17. The van der Waals surface area contributed by atoms with Crippen LogP contribution in [0.5, 0.6) is 0 Å². The third kappa shape index (κ3) is 3.51. The Hall–Kier alpha value is -0.930. The van der Waals surface area contributed by atoms with Gasteiger partial charge < -0.3 is 10.5 Å². The van der Waals surface area contributed by atoms with Gasteiger partial charge >= 0.3 is 0 Å². The summed E-state index contributed by atoms with van der Waals surface area (Å²) >= 11 is 0. The Balaban J connectivity index is 1.95. The molecule has 94 valence electrons. The van der Waals surface area contributed by atoms with Crippen LogP contribution in [-0.4, -0.2) is 6.10 Å². The molecule has 0 radical (unpaired) electrons. The van der Waals surface area contributed by atoms with Crippen LogP contribution in [0.3, 0.4) is 0 Å². The van der Waals surface area contributed by atoms with Gasteiger partial charge in [-0.15, -0.1) is 0 Å². The summed E-state index contributed by atoms with van der Waals surface area (Å²) in [5.41, 5.74) is 7.49. The Kier molecular flexibility index (Phi) is 4.51. The summed E-state index contributed by atoms with van der Waals surface area (Å²) in [7, 11) is 0. The maximum atomic E-state index is 13.2. The lowest BCUT2D eigenvalue weighted by molar-refractivity contribution is 0.0164. The Morgan fingerprint density at radius 1 is 1.18 bits per heavy atom. The van der Waals surface area contributed by atoms with Crippen LogP contribution < -0.4 is 5.73 Å². The molecule has 3 heteroatoms. The number of hydrogen-bond acceptors (Lipinski definition) is 2. The first-order valence-corrected chi connectivity index (χ1v) is 6.38. The molecular formula is C14H20FNO. The maximum Gasteiger partial charge on any atom is 0.123 e. The van der Waals surface area contributed by atoms with Crippen LogP contribution in [0.25, 0.3) is 0 Å². The molecule has 0 unspecified atom stereocenters. The Bertz CT molecular complexity index is 361. The predicted octanol–water partition coefficient (Wildman–Crippen LogP) is 3.13. The lowest BCUT2D eigenvalue weighted by atomic mass is 9.98. The first-order chi connectivity index (χ1) is 8.29. The Labute approximate surface area is 102 Å². The third-order valence-electron chi connectivity index (χ3n) is 3.41. The van der Waals surface area contributed by atoms with E-state index in [1.54, 1.807) is 6.07 Å². The van der Waals surface area contributed by atoms with E-state index in [2.05, 4.69) is 0 Å². The smallest absolute Gasteiger partial charge is 0.123 e. The van der Waals surface area contributed by atoms with E-state index in [0.717, 1.165) is 24.0 Å². The fraction of sp³-hybridized carbons (Fsp3) is 0.571. The van der Waals surface area contributed by atoms with E-state index in [-0.39, 0.29) is 5.82 Å². The van der Waals surface area contributed by atoms with Crippen molar-refractivity contribution in [3.05, 3.63) is 35.1 Å². The van der Waals surface area contributed by atoms with Gasteiger partial charge in [-0.3, -0.25) is 0 Å². The molecule has 0 heterocycles. The molecule has 2 N–H and O–H groups in total. The fourth-order valence-corrected chi connectivity index (χ4v) is 2.37. The summed E-state index contributed by atoms with van der Waals surface area (Å²) in [6.07, 6.45) is 6.42. The molecule has 0 bridgehead atoms. The molecule has 1 fully saturated rings. The second kappa shape index (κ2) is 6.12. The van der Waals surface area contributed by atoms with Crippen molar-refractivity contribution in [2.75, 3.05) is 0 Å². The first kappa shape index (κ1) is 12.5. The average molecular weight is 237 g/mol. The number of benzene rings is 1. The minimum absolute atomic E-state index is 0.218. The summed E-state index contributed by atoms with van der Waals surface area (Å²) < 4.78 is 19.0. The number of hydrogen-bond donors (Lipinski definition) is 1. The maximum absolute atomic E-state index is 13.2. The van der Waals surface area contributed by atoms with E-state index in [9.17, 15) is 4.39 Å². The average Bonchev–Trinajstić information content (AvgIpc) is 2.38. The highest BCUT2D eigenvalue weighted by molar-refractivity contribution is 5.27. The van der Waals surface area contributed by atoms with Crippen molar-refractivity contribution in [2.24, 2.45) is 5.73 Å². The Morgan fingerprint density at radius 3 is 2.65 bits per heavy atom. The predicted molar refractivity (Wildman–Crippen MR) is 66.0 cm³/mol. The van der Waals surface area contributed by atoms with Crippen LogP contribution in [0, 0.1) is 5.82 Å². The van der Waals surface area contributed by atoms with Gasteiger partial charge in [-0.25, -0.2) is 4.39 Å². The minimum atomic E-state index is -0.218. The van der Waals surface area contributed by atoms with Crippen molar-refractivity contribution in [2.45, 2.75) is 51.4 Å². The van der Waals surface area contributed by atoms with Gasteiger partial charge in [-0.2, -0.15) is 0 Å². The number of rotatable bonds is 4. The molecule has 0 aromatic heterocycles. The van der Waals surface area contributed by atoms with Gasteiger partial charge in [0.2, 0.25) is 0 Å². The normalized spacial score (nSPS) is 17.3. The van der Waals surface area contributed by atoms with E-state index in [4.69, 9.17) is 10.5 Å². The first-order valence-electron chi connectivity index (χ1n) is 6.38. The molecule has 0 saturated heterocycles. The summed E-state index contributed by atoms with van der Waals surface area (Å²) in [6, 6.07) is 4.73. The van der Waals surface area contributed by atoms with E-state index >= 15 is 0 Å². The van der Waals surface area contributed by atoms with Gasteiger partial charge in [0, 0.05) is 6.54 Å². The standard InChI is InChI=1S/C14H20FNO/c15-13-7-6-11(9-16)12(8-13)10-17-14-4-2-1-3-5-14/h6-8,14H,1-5,9-10,16H2. The highest BCUT2D eigenvalue weighted by Crippen LogP contribution is 2.22. The molecule has 0 spiro atoms. The fourth-order valence-electron chi connectivity index (χ4n) is 2.37. The van der Waals surface area contributed by atoms with Crippen LogP contribution in [0.1, 0.15) is 43.2 Å². The molecule has 1 aromatic rings. The zero-order valence-corrected chi connectivity index (χ0v) is 10.1. The zero-order valence-electron chi connectivity index (χ0n) is 10.1. The minimum Gasteiger partial charge on any atom is -0.374 e. The molecule has 2 nitrogen and oxygen atoms in total. The molecule has 0 amide bonds. The van der Waals surface area contributed by atoms with Gasteiger partial charge in [-0.05, 0) is 36.1 Å². The van der Waals surface area contributed by atoms with Crippen molar-refractivity contribution in [1.29, 1.82) is 0 Å². The van der Waals surface area contributed by atoms with Crippen LogP contribution in [0.4, 0.5) is 4.39 Å². The van der Waals surface area contributed by atoms with E-state index < -0.39 is 0 Å². The molecule has 1 aliphatic carbocycles. The van der Waals surface area contributed by atoms with E-state index in [1.165, 1.54) is 31.4 Å².